The molecule has 1 heterocycles. The molecular formula is C15H13ClN2O3S. The molecule has 0 spiro atoms. The van der Waals surface area contributed by atoms with Crippen LogP contribution in [0.4, 0.5) is 5.69 Å². The molecule has 1 N–H and O–H groups in total. The predicted molar refractivity (Wildman–Crippen MR) is 86.9 cm³/mol. The van der Waals surface area contributed by atoms with Crippen molar-refractivity contribution in [1.82, 2.24) is 4.98 Å². The van der Waals surface area contributed by atoms with Gasteiger partial charge in [0.25, 0.3) is 5.91 Å². The molecule has 0 saturated heterocycles. The number of nitrogens with zero attached hydrogens (tertiary/aromatic N) is 1. The highest BCUT2D eigenvalue weighted by Crippen LogP contribution is 2.22. The summed E-state index contributed by atoms with van der Waals surface area (Å²) in [6.45, 7) is 1.51. The van der Waals surface area contributed by atoms with E-state index < -0.39 is 11.9 Å². The fourth-order valence-electron chi connectivity index (χ4n) is 1.55. The molecule has 0 saturated carbocycles. The Labute approximate surface area is 136 Å². The number of esters is 1. The molecule has 2 rings (SSSR count). The lowest BCUT2D eigenvalue weighted by Gasteiger charge is -2.07. The lowest BCUT2D eigenvalue weighted by molar-refractivity contribution is -0.142. The average molecular weight is 337 g/mol. The molecule has 7 heteroatoms. The first-order chi connectivity index (χ1) is 10.5. The minimum atomic E-state index is -0.611. The van der Waals surface area contributed by atoms with Crippen molar-refractivity contribution in [2.75, 3.05) is 11.9 Å². The third kappa shape index (κ3) is 4.98. The first-order valence-electron chi connectivity index (χ1n) is 6.35. The van der Waals surface area contributed by atoms with Crippen LogP contribution in [-0.4, -0.2) is 23.5 Å². The van der Waals surface area contributed by atoms with Gasteiger partial charge in [-0.1, -0.05) is 17.7 Å². The number of carbonyl (C=O) groups is 2. The summed E-state index contributed by atoms with van der Waals surface area (Å²) in [7, 11) is 0. The summed E-state index contributed by atoms with van der Waals surface area (Å²) in [4.78, 5) is 27.2. The number of hydrogen-bond acceptors (Lipinski definition) is 5. The number of aryl methyl sites for hydroxylation is 1. The van der Waals surface area contributed by atoms with Crippen LogP contribution in [-0.2, 0) is 14.3 Å². The van der Waals surface area contributed by atoms with Gasteiger partial charge in [-0.15, -0.1) is 11.3 Å². The van der Waals surface area contributed by atoms with Gasteiger partial charge in [-0.25, -0.2) is 9.78 Å². The lowest BCUT2D eigenvalue weighted by atomic mass is 10.2. The number of rotatable bonds is 5. The van der Waals surface area contributed by atoms with Crippen LogP contribution in [0.3, 0.4) is 0 Å². The SMILES string of the molecule is Cc1ccc(NC(=O)COC(=O)/C=C/c2nccs2)c(Cl)c1. The molecule has 0 aliphatic rings. The van der Waals surface area contributed by atoms with E-state index in [1.807, 2.05) is 13.0 Å². The van der Waals surface area contributed by atoms with Gasteiger partial charge in [0, 0.05) is 17.7 Å². The monoisotopic (exact) mass is 336 g/mol. The third-order valence-corrected chi connectivity index (χ3v) is 3.61. The first kappa shape index (κ1) is 16.2. The van der Waals surface area contributed by atoms with E-state index in [2.05, 4.69) is 10.3 Å². The zero-order valence-electron chi connectivity index (χ0n) is 11.7. The van der Waals surface area contributed by atoms with Gasteiger partial charge < -0.3 is 10.1 Å². The Hall–Kier alpha value is -2.18. The van der Waals surface area contributed by atoms with Crippen molar-refractivity contribution >= 4 is 46.6 Å². The quantitative estimate of drug-likeness (QED) is 0.672. The molecule has 1 aromatic carbocycles. The molecule has 0 radical (unpaired) electrons. The van der Waals surface area contributed by atoms with E-state index in [4.69, 9.17) is 16.3 Å². The second kappa shape index (κ2) is 7.72. The Morgan fingerprint density at radius 2 is 2.27 bits per heavy atom. The molecule has 0 unspecified atom stereocenters. The number of hydrogen-bond donors (Lipinski definition) is 1. The second-order valence-corrected chi connectivity index (χ2v) is 5.68. The van der Waals surface area contributed by atoms with Crippen LogP contribution in [0, 0.1) is 6.92 Å². The standard InChI is InChI=1S/C15H13ClN2O3S/c1-10-2-3-12(11(16)8-10)18-13(19)9-21-15(20)5-4-14-17-6-7-22-14/h2-8H,9H2,1H3,(H,18,19)/b5-4+. The summed E-state index contributed by atoms with van der Waals surface area (Å²) in [6.07, 6.45) is 4.39. The average Bonchev–Trinajstić information content (AvgIpc) is 2.99. The normalized spacial score (nSPS) is 10.6. The smallest absolute Gasteiger partial charge is 0.331 e. The van der Waals surface area contributed by atoms with Crippen LogP contribution in [0.15, 0.2) is 35.9 Å². The summed E-state index contributed by atoms with van der Waals surface area (Å²) in [5, 5.41) is 5.50. The van der Waals surface area contributed by atoms with Crippen molar-refractivity contribution in [3.8, 4) is 0 Å². The van der Waals surface area contributed by atoms with E-state index in [-0.39, 0.29) is 6.61 Å². The molecule has 22 heavy (non-hydrogen) atoms. The first-order valence-corrected chi connectivity index (χ1v) is 7.60. The van der Waals surface area contributed by atoms with Gasteiger partial charge in [-0.3, -0.25) is 4.79 Å². The highest BCUT2D eigenvalue weighted by atomic mass is 35.5. The minimum absolute atomic E-state index is 0.384. The second-order valence-electron chi connectivity index (χ2n) is 4.34. The van der Waals surface area contributed by atoms with Crippen molar-refractivity contribution in [1.29, 1.82) is 0 Å². The van der Waals surface area contributed by atoms with Gasteiger partial charge in [0.05, 0.1) is 10.7 Å². The van der Waals surface area contributed by atoms with Crippen molar-refractivity contribution in [2.45, 2.75) is 6.92 Å². The number of ether oxygens (including phenoxy) is 1. The predicted octanol–water partition coefficient (Wildman–Crippen LogP) is 3.30. The number of halogens is 1. The largest absolute Gasteiger partial charge is 0.452 e. The van der Waals surface area contributed by atoms with E-state index in [0.717, 1.165) is 5.56 Å². The van der Waals surface area contributed by atoms with E-state index in [0.29, 0.717) is 15.7 Å². The number of benzene rings is 1. The van der Waals surface area contributed by atoms with Gasteiger partial charge in [-0.2, -0.15) is 0 Å². The molecule has 1 aromatic heterocycles. The van der Waals surface area contributed by atoms with Crippen molar-refractivity contribution in [3.05, 3.63) is 51.4 Å². The summed E-state index contributed by atoms with van der Waals surface area (Å²) in [5.74, 6) is -1.07. The molecule has 114 valence electrons. The zero-order valence-corrected chi connectivity index (χ0v) is 13.3. The topological polar surface area (TPSA) is 68.3 Å². The van der Waals surface area contributed by atoms with Crippen LogP contribution in [0.1, 0.15) is 10.6 Å². The Kier molecular flexibility index (Phi) is 5.68. The van der Waals surface area contributed by atoms with Gasteiger partial charge in [-0.05, 0) is 30.7 Å². The number of amides is 1. The minimum Gasteiger partial charge on any atom is -0.452 e. The van der Waals surface area contributed by atoms with Crippen LogP contribution in [0.25, 0.3) is 6.08 Å². The molecule has 2 aromatic rings. The molecule has 1 amide bonds. The van der Waals surface area contributed by atoms with Crippen molar-refractivity contribution in [2.24, 2.45) is 0 Å². The van der Waals surface area contributed by atoms with Gasteiger partial charge >= 0.3 is 5.97 Å². The maximum absolute atomic E-state index is 11.7. The lowest BCUT2D eigenvalue weighted by Crippen LogP contribution is -2.20. The van der Waals surface area contributed by atoms with Crippen molar-refractivity contribution < 1.29 is 14.3 Å². The summed E-state index contributed by atoms with van der Waals surface area (Å²) < 4.78 is 4.83. The van der Waals surface area contributed by atoms with E-state index in [9.17, 15) is 9.59 Å². The molecule has 0 bridgehead atoms. The third-order valence-electron chi connectivity index (χ3n) is 2.56. The van der Waals surface area contributed by atoms with Gasteiger partial charge in [0.1, 0.15) is 5.01 Å². The summed E-state index contributed by atoms with van der Waals surface area (Å²) >= 11 is 7.40. The van der Waals surface area contributed by atoms with Crippen LogP contribution in [0.5, 0.6) is 0 Å². The summed E-state index contributed by atoms with van der Waals surface area (Å²) in [5.41, 5.74) is 1.47. The zero-order chi connectivity index (χ0) is 15.9. The molecule has 0 aliphatic carbocycles. The number of thiazole rings is 1. The highest BCUT2D eigenvalue weighted by molar-refractivity contribution is 7.10. The number of nitrogens with one attached hydrogen (secondary N) is 1. The molecule has 5 nitrogen and oxygen atoms in total. The molecule has 0 atom stereocenters. The summed E-state index contributed by atoms with van der Waals surface area (Å²) in [6, 6.07) is 5.25. The molecule has 0 fully saturated rings. The molecule has 0 aliphatic heterocycles. The maximum Gasteiger partial charge on any atom is 0.331 e. The highest BCUT2D eigenvalue weighted by Gasteiger charge is 2.08. The molecular weight excluding hydrogens is 324 g/mol. The number of anilines is 1. The fraction of sp³-hybridized carbons (Fsp3) is 0.133. The number of carbonyl (C=O) groups excluding carboxylic acids is 2. The Balaban J connectivity index is 1.81. The van der Waals surface area contributed by atoms with E-state index in [1.165, 1.54) is 23.5 Å². The Morgan fingerprint density at radius 3 is 2.95 bits per heavy atom. The van der Waals surface area contributed by atoms with Gasteiger partial charge in [0.15, 0.2) is 6.61 Å². The van der Waals surface area contributed by atoms with E-state index in [1.54, 1.807) is 23.7 Å². The number of aromatic nitrogens is 1. The van der Waals surface area contributed by atoms with Gasteiger partial charge in [0.2, 0.25) is 0 Å². The maximum atomic E-state index is 11.7. The van der Waals surface area contributed by atoms with Crippen LogP contribution in [0.2, 0.25) is 5.02 Å². The fourth-order valence-corrected chi connectivity index (χ4v) is 2.36. The van der Waals surface area contributed by atoms with E-state index >= 15 is 0 Å². The Morgan fingerprint density at radius 1 is 1.45 bits per heavy atom. The van der Waals surface area contributed by atoms with Crippen LogP contribution >= 0.6 is 22.9 Å². The van der Waals surface area contributed by atoms with Crippen LogP contribution < -0.4 is 5.32 Å². The Bertz CT molecular complexity index is 699. The van der Waals surface area contributed by atoms with Crippen molar-refractivity contribution in [3.63, 3.8) is 0 Å².